The van der Waals surface area contributed by atoms with Gasteiger partial charge in [0.1, 0.15) is 6.54 Å². The molecule has 0 aromatic rings. The quantitative estimate of drug-likeness (QED) is 0.671. The minimum atomic E-state index is -4.47. The van der Waals surface area contributed by atoms with Crippen molar-refractivity contribution in [1.29, 1.82) is 0 Å². The Morgan fingerprint density at radius 2 is 1.79 bits per heavy atom. The molecule has 2 atom stereocenters. The Bertz CT molecular complexity index is 300. The van der Waals surface area contributed by atoms with Crippen LogP contribution >= 0.6 is 12.4 Å². The first-order chi connectivity index (χ1) is 8.17. The third-order valence-electron chi connectivity index (χ3n) is 2.47. The third-order valence-corrected chi connectivity index (χ3v) is 2.47. The first kappa shape index (κ1) is 20.3. The van der Waals surface area contributed by atoms with Gasteiger partial charge in [0.25, 0.3) is 0 Å². The molecule has 0 heterocycles. The summed E-state index contributed by atoms with van der Waals surface area (Å²) in [6.45, 7) is 1.69. The molecule has 19 heavy (non-hydrogen) atoms. The first-order valence-electron chi connectivity index (χ1n) is 5.54. The highest BCUT2D eigenvalue weighted by molar-refractivity contribution is 5.87. The van der Waals surface area contributed by atoms with E-state index in [1.807, 2.05) is 6.92 Å². The largest absolute Gasteiger partial charge is 0.405 e. The van der Waals surface area contributed by atoms with Crippen molar-refractivity contribution in [3.63, 3.8) is 0 Å². The fourth-order valence-electron chi connectivity index (χ4n) is 1.06. The molecular formula is C10H19ClF3N3O2. The van der Waals surface area contributed by atoms with Crippen LogP contribution in [0.3, 0.4) is 0 Å². The minimum Gasteiger partial charge on any atom is -0.346 e. The van der Waals surface area contributed by atoms with Gasteiger partial charge in [0.05, 0.1) is 12.6 Å². The lowest BCUT2D eigenvalue weighted by molar-refractivity contribution is -0.138. The molecule has 0 fully saturated rings. The average molecular weight is 306 g/mol. The van der Waals surface area contributed by atoms with Crippen LogP contribution in [0.25, 0.3) is 0 Å². The van der Waals surface area contributed by atoms with Gasteiger partial charge in [0.2, 0.25) is 11.8 Å². The number of nitrogens with one attached hydrogen (secondary N) is 2. The molecule has 2 amide bonds. The number of alkyl halides is 3. The molecule has 0 rings (SSSR count). The van der Waals surface area contributed by atoms with Crippen molar-refractivity contribution in [2.75, 3.05) is 13.1 Å². The summed E-state index contributed by atoms with van der Waals surface area (Å²) in [5.41, 5.74) is 5.58. The van der Waals surface area contributed by atoms with Gasteiger partial charge in [-0.1, -0.05) is 20.3 Å². The minimum absolute atomic E-state index is 0. The summed E-state index contributed by atoms with van der Waals surface area (Å²) >= 11 is 0. The number of nitrogens with two attached hydrogens (primary N) is 1. The van der Waals surface area contributed by atoms with E-state index >= 15 is 0 Å². The lowest BCUT2D eigenvalue weighted by Gasteiger charge is -2.17. The SMILES string of the molecule is CCC(C)C(N)C(=O)NCC(=O)NCC(F)(F)F.Cl. The van der Waals surface area contributed by atoms with E-state index in [1.54, 1.807) is 12.2 Å². The Morgan fingerprint density at radius 1 is 1.26 bits per heavy atom. The second-order valence-electron chi connectivity index (χ2n) is 4.02. The molecule has 5 nitrogen and oxygen atoms in total. The van der Waals surface area contributed by atoms with Gasteiger partial charge in [-0.25, -0.2) is 0 Å². The van der Waals surface area contributed by atoms with E-state index in [9.17, 15) is 22.8 Å². The number of rotatable bonds is 6. The first-order valence-corrected chi connectivity index (χ1v) is 5.54. The van der Waals surface area contributed by atoms with Crippen LogP contribution in [-0.4, -0.2) is 37.1 Å². The molecule has 0 spiro atoms. The number of halogens is 4. The molecule has 114 valence electrons. The zero-order valence-electron chi connectivity index (χ0n) is 10.7. The van der Waals surface area contributed by atoms with Crippen LogP contribution in [0.1, 0.15) is 20.3 Å². The van der Waals surface area contributed by atoms with Crippen molar-refractivity contribution in [2.24, 2.45) is 11.7 Å². The Balaban J connectivity index is 0. The van der Waals surface area contributed by atoms with E-state index in [2.05, 4.69) is 5.32 Å². The highest BCUT2D eigenvalue weighted by atomic mass is 35.5. The Morgan fingerprint density at radius 3 is 2.21 bits per heavy atom. The highest BCUT2D eigenvalue weighted by Crippen LogP contribution is 2.11. The number of hydrogen-bond donors (Lipinski definition) is 3. The maximum Gasteiger partial charge on any atom is 0.405 e. The van der Waals surface area contributed by atoms with E-state index in [-0.39, 0.29) is 18.3 Å². The zero-order chi connectivity index (χ0) is 14.3. The maximum absolute atomic E-state index is 11.8. The van der Waals surface area contributed by atoms with Crippen molar-refractivity contribution in [2.45, 2.75) is 32.5 Å². The Labute approximate surface area is 115 Å². The second-order valence-corrected chi connectivity index (χ2v) is 4.02. The molecule has 0 saturated carbocycles. The lowest BCUT2D eigenvalue weighted by Crippen LogP contribution is -2.48. The highest BCUT2D eigenvalue weighted by Gasteiger charge is 2.27. The predicted molar refractivity (Wildman–Crippen MR) is 66.8 cm³/mol. The van der Waals surface area contributed by atoms with Crippen LogP contribution in [0.2, 0.25) is 0 Å². The summed E-state index contributed by atoms with van der Waals surface area (Å²) in [6.07, 6.45) is -3.78. The molecule has 0 aromatic heterocycles. The van der Waals surface area contributed by atoms with E-state index in [0.717, 1.165) is 0 Å². The van der Waals surface area contributed by atoms with Gasteiger partial charge >= 0.3 is 6.18 Å². The number of hydrogen-bond acceptors (Lipinski definition) is 3. The summed E-state index contributed by atoms with van der Waals surface area (Å²) in [4.78, 5) is 22.4. The van der Waals surface area contributed by atoms with E-state index in [1.165, 1.54) is 0 Å². The van der Waals surface area contributed by atoms with E-state index in [4.69, 9.17) is 5.73 Å². The monoisotopic (exact) mass is 305 g/mol. The van der Waals surface area contributed by atoms with Gasteiger partial charge < -0.3 is 16.4 Å². The molecule has 0 aliphatic carbocycles. The molecule has 4 N–H and O–H groups in total. The van der Waals surface area contributed by atoms with Gasteiger partial charge in [0.15, 0.2) is 0 Å². The van der Waals surface area contributed by atoms with Crippen LogP contribution in [0.15, 0.2) is 0 Å². The van der Waals surface area contributed by atoms with Crippen molar-refractivity contribution < 1.29 is 22.8 Å². The molecule has 0 bridgehead atoms. The number of carbonyl (C=O) groups is 2. The molecule has 9 heteroatoms. The van der Waals surface area contributed by atoms with Crippen LogP contribution in [0.5, 0.6) is 0 Å². The number of amides is 2. The van der Waals surface area contributed by atoms with Gasteiger partial charge in [-0.2, -0.15) is 13.2 Å². The smallest absolute Gasteiger partial charge is 0.346 e. The summed E-state index contributed by atoms with van der Waals surface area (Å²) in [6, 6.07) is -0.773. The normalized spacial score (nSPS) is 14.0. The predicted octanol–water partition coefficient (Wildman–Crippen LogP) is 0.576. The summed E-state index contributed by atoms with van der Waals surface area (Å²) in [5.74, 6) is -1.52. The van der Waals surface area contributed by atoms with E-state index in [0.29, 0.717) is 6.42 Å². The van der Waals surface area contributed by atoms with Crippen molar-refractivity contribution in [3.05, 3.63) is 0 Å². The van der Waals surface area contributed by atoms with Gasteiger partial charge in [-0.3, -0.25) is 9.59 Å². The zero-order valence-corrected chi connectivity index (χ0v) is 11.5. The van der Waals surface area contributed by atoms with Crippen LogP contribution in [0, 0.1) is 5.92 Å². The van der Waals surface area contributed by atoms with Gasteiger partial charge in [0, 0.05) is 0 Å². The molecule has 2 unspecified atom stereocenters. The average Bonchev–Trinajstić information content (AvgIpc) is 2.30. The van der Waals surface area contributed by atoms with Gasteiger partial charge in [-0.15, -0.1) is 12.4 Å². The van der Waals surface area contributed by atoms with Crippen molar-refractivity contribution in [1.82, 2.24) is 10.6 Å². The summed E-state index contributed by atoms with van der Waals surface area (Å²) in [7, 11) is 0. The standard InChI is InChI=1S/C10H18F3N3O2.ClH/c1-3-6(2)8(14)9(18)15-4-7(17)16-5-10(11,12)13;/h6,8H,3-5,14H2,1-2H3,(H,15,18)(H,16,17);1H. The van der Waals surface area contributed by atoms with Crippen LogP contribution < -0.4 is 16.4 Å². The van der Waals surface area contributed by atoms with Crippen LogP contribution in [-0.2, 0) is 9.59 Å². The fraction of sp³-hybridized carbons (Fsp3) is 0.800. The third kappa shape index (κ3) is 9.54. The van der Waals surface area contributed by atoms with E-state index < -0.39 is 37.1 Å². The topological polar surface area (TPSA) is 84.2 Å². The summed E-state index contributed by atoms with van der Waals surface area (Å²) in [5, 5.41) is 3.83. The maximum atomic E-state index is 11.8. The van der Waals surface area contributed by atoms with Crippen molar-refractivity contribution >= 4 is 24.2 Å². The Hall–Kier alpha value is -1.02. The Kier molecular flexibility index (Phi) is 9.59. The molecular weight excluding hydrogens is 287 g/mol. The molecule has 0 aliphatic heterocycles. The van der Waals surface area contributed by atoms with Crippen LogP contribution in [0.4, 0.5) is 13.2 Å². The molecule has 0 aromatic carbocycles. The summed E-state index contributed by atoms with van der Waals surface area (Å²) < 4.78 is 35.3. The lowest BCUT2D eigenvalue weighted by atomic mass is 9.99. The molecule has 0 radical (unpaired) electrons. The molecule has 0 aliphatic rings. The van der Waals surface area contributed by atoms with Gasteiger partial charge in [-0.05, 0) is 5.92 Å². The number of carbonyl (C=O) groups excluding carboxylic acids is 2. The molecule has 0 saturated heterocycles. The second kappa shape index (κ2) is 8.98. The fourth-order valence-corrected chi connectivity index (χ4v) is 1.06. The van der Waals surface area contributed by atoms with Crippen molar-refractivity contribution in [3.8, 4) is 0 Å².